The van der Waals surface area contributed by atoms with Gasteiger partial charge in [-0.3, -0.25) is 9.48 Å². The van der Waals surface area contributed by atoms with Gasteiger partial charge in [-0.25, -0.2) is 0 Å². The minimum atomic E-state index is -0.0709. The molecule has 0 aliphatic carbocycles. The molecule has 0 spiro atoms. The van der Waals surface area contributed by atoms with E-state index in [9.17, 15) is 4.79 Å². The molecule has 0 fully saturated rings. The summed E-state index contributed by atoms with van der Waals surface area (Å²) in [4.78, 5) is 15.4. The van der Waals surface area contributed by atoms with Gasteiger partial charge >= 0.3 is 0 Å². The van der Waals surface area contributed by atoms with Gasteiger partial charge in [0.2, 0.25) is 13.6 Å². The Kier molecular flexibility index (Phi) is 4.69. The van der Waals surface area contributed by atoms with Gasteiger partial charge in [0, 0.05) is 25.8 Å². The highest BCUT2D eigenvalue weighted by Gasteiger charge is 2.25. The van der Waals surface area contributed by atoms with E-state index in [1.807, 2.05) is 62.2 Å². The van der Waals surface area contributed by atoms with Crippen LogP contribution in [0.25, 0.3) is 0 Å². The summed E-state index contributed by atoms with van der Waals surface area (Å²) >= 11 is 0. The molecule has 8 nitrogen and oxygen atoms in total. The number of rotatable bonds is 5. The van der Waals surface area contributed by atoms with Crippen LogP contribution in [0.3, 0.4) is 0 Å². The first-order valence-corrected chi connectivity index (χ1v) is 10.1. The molecule has 2 aliphatic rings. The minimum Gasteiger partial charge on any atom is -0.454 e. The Morgan fingerprint density at radius 2 is 1.42 bits per heavy atom. The second-order valence-electron chi connectivity index (χ2n) is 7.71. The summed E-state index contributed by atoms with van der Waals surface area (Å²) in [6.45, 7) is 5.03. The summed E-state index contributed by atoms with van der Waals surface area (Å²) in [5.74, 6) is 2.76. The SMILES string of the molecule is Cc1nn(C)c(C)c1C(=O)N(Cc1ccc2c(c1)OCO2)Cc1ccc2c(c1)OCO2. The van der Waals surface area contributed by atoms with Crippen LogP contribution >= 0.6 is 0 Å². The number of carbonyl (C=O) groups is 1. The number of benzene rings is 2. The Morgan fingerprint density at radius 3 is 1.90 bits per heavy atom. The lowest BCUT2D eigenvalue weighted by atomic mass is 10.1. The normalized spacial score (nSPS) is 13.5. The Hall–Kier alpha value is -3.68. The van der Waals surface area contributed by atoms with Crippen molar-refractivity contribution in [3.8, 4) is 23.0 Å². The van der Waals surface area contributed by atoms with Crippen molar-refractivity contribution >= 4 is 5.91 Å². The second kappa shape index (κ2) is 7.54. The molecular formula is C23H23N3O5. The molecule has 8 heteroatoms. The van der Waals surface area contributed by atoms with Crippen molar-refractivity contribution in [3.05, 3.63) is 64.5 Å². The number of hydrogen-bond donors (Lipinski definition) is 0. The zero-order valence-electron chi connectivity index (χ0n) is 17.7. The third kappa shape index (κ3) is 3.54. The summed E-state index contributed by atoms with van der Waals surface area (Å²) in [6.07, 6.45) is 0. The lowest BCUT2D eigenvalue weighted by Crippen LogP contribution is -2.31. The van der Waals surface area contributed by atoms with Gasteiger partial charge in [0.15, 0.2) is 23.0 Å². The van der Waals surface area contributed by atoms with Crippen LogP contribution in [0.4, 0.5) is 0 Å². The van der Waals surface area contributed by atoms with E-state index in [-0.39, 0.29) is 19.5 Å². The maximum atomic E-state index is 13.6. The molecule has 0 radical (unpaired) electrons. The fourth-order valence-corrected chi connectivity index (χ4v) is 3.96. The molecular weight excluding hydrogens is 398 g/mol. The largest absolute Gasteiger partial charge is 0.454 e. The molecule has 0 N–H and O–H groups in total. The lowest BCUT2D eigenvalue weighted by Gasteiger charge is -2.24. The van der Waals surface area contributed by atoms with Gasteiger partial charge in [-0.1, -0.05) is 12.1 Å². The second-order valence-corrected chi connectivity index (χ2v) is 7.71. The number of fused-ring (bicyclic) bond motifs is 2. The highest BCUT2D eigenvalue weighted by molar-refractivity contribution is 5.96. The molecule has 5 rings (SSSR count). The van der Waals surface area contributed by atoms with Crippen LogP contribution in [0, 0.1) is 13.8 Å². The van der Waals surface area contributed by atoms with Gasteiger partial charge in [-0.15, -0.1) is 0 Å². The van der Waals surface area contributed by atoms with Gasteiger partial charge in [-0.05, 0) is 49.2 Å². The smallest absolute Gasteiger partial charge is 0.258 e. The zero-order valence-corrected chi connectivity index (χ0v) is 17.7. The van der Waals surface area contributed by atoms with Crippen molar-refractivity contribution < 1.29 is 23.7 Å². The lowest BCUT2D eigenvalue weighted by molar-refractivity contribution is 0.0728. The molecule has 2 aromatic carbocycles. The monoisotopic (exact) mass is 421 g/mol. The Morgan fingerprint density at radius 1 is 0.903 bits per heavy atom. The van der Waals surface area contributed by atoms with Gasteiger partial charge in [0.25, 0.3) is 5.91 Å². The van der Waals surface area contributed by atoms with Crippen molar-refractivity contribution in [1.82, 2.24) is 14.7 Å². The fraction of sp³-hybridized carbons (Fsp3) is 0.304. The van der Waals surface area contributed by atoms with E-state index in [1.165, 1.54) is 0 Å². The zero-order chi connectivity index (χ0) is 21.5. The first kappa shape index (κ1) is 19.3. The molecule has 2 aliphatic heterocycles. The molecule has 0 saturated heterocycles. The first-order valence-electron chi connectivity index (χ1n) is 10.1. The van der Waals surface area contributed by atoms with Crippen molar-refractivity contribution in [1.29, 1.82) is 0 Å². The molecule has 31 heavy (non-hydrogen) atoms. The average molecular weight is 421 g/mol. The summed E-state index contributed by atoms with van der Waals surface area (Å²) in [6, 6.07) is 11.5. The van der Waals surface area contributed by atoms with Crippen LogP contribution in [0.2, 0.25) is 0 Å². The molecule has 0 atom stereocenters. The number of hydrogen-bond acceptors (Lipinski definition) is 6. The fourth-order valence-electron chi connectivity index (χ4n) is 3.96. The first-order chi connectivity index (χ1) is 15.0. The summed E-state index contributed by atoms with van der Waals surface area (Å²) in [7, 11) is 1.85. The third-order valence-electron chi connectivity index (χ3n) is 5.63. The molecule has 160 valence electrons. The standard InChI is InChI=1S/C23H23N3O5/c1-14-22(15(2)25(3)24-14)23(27)26(10-16-4-6-18-20(8-16)30-12-28-18)11-17-5-7-19-21(9-17)31-13-29-19/h4-9H,10-13H2,1-3H3. The number of amides is 1. The van der Waals surface area contributed by atoms with Crippen LogP contribution in [-0.2, 0) is 20.1 Å². The number of carbonyl (C=O) groups excluding carboxylic acids is 1. The van der Waals surface area contributed by atoms with Gasteiger partial charge in [-0.2, -0.15) is 5.10 Å². The summed E-state index contributed by atoms with van der Waals surface area (Å²) in [5, 5.41) is 4.42. The summed E-state index contributed by atoms with van der Waals surface area (Å²) < 4.78 is 23.6. The van der Waals surface area contributed by atoms with Crippen LogP contribution in [0.15, 0.2) is 36.4 Å². The van der Waals surface area contributed by atoms with E-state index in [1.54, 1.807) is 4.68 Å². The maximum absolute atomic E-state index is 13.6. The predicted molar refractivity (Wildman–Crippen MR) is 111 cm³/mol. The van der Waals surface area contributed by atoms with Crippen molar-refractivity contribution in [2.75, 3.05) is 13.6 Å². The number of nitrogens with zero attached hydrogens (tertiary/aromatic N) is 3. The molecule has 3 aromatic rings. The van der Waals surface area contributed by atoms with Gasteiger partial charge in [0.1, 0.15) is 0 Å². The van der Waals surface area contributed by atoms with Crippen molar-refractivity contribution in [3.63, 3.8) is 0 Å². The Labute approximate surface area is 179 Å². The molecule has 1 amide bonds. The van der Waals surface area contributed by atoms with E-state index in [0.29, 0.717) is 35.8 Å². The number of aromatic nitrogens is 2. The maximum Gasteiger partial charge on any atom is 0.258 e. The van der Waals surface area contributed by atoms with Crippen LogP contribution < -0.4 is 18.9 Å². The van der Waals surface area contributed by atoms with Gasteiger partial charge < -0.3 is 23.8 Å². The molecule has 0 unspecified atom stereocenters. The summed E-state index contributed by atoms with van der Waals surface area (Å²) in [5.41, 5.74) is 4.09. The van der Waals surface area contributed by atoms with Crippen LogP contribution in [0.5, 0.6) is 23.0 Å². The van der Waals surface area contributed by atoms with Crippen molar-refractivity contribution in [2.45, 2.75) is 26.9 Å². The highest BCUT2D eigenvalue weighted by Crippen LogP contribution is 2.35. The number of ether oxygens (including phenoxy) is 4. The molecule has 0 saturated carbocycles. The minimum absolute atomic E-state index is 0.0709. The quantitative estimate of drug-likeness (QED) is 0.629. The van der Waals surface area contributed by atoms with E-state index in [2.05, 4.69) is 5.10 Å². The average Bonchev–Trinajstić information content (AvgIpc) is 3.46. The molecule has 3 heterocycles. The predicted octanol–water partition coefficient (Wildman–Crippen LogP) is 3.34. The van der Waals surface area contributed by atoms with Crippen molar-refractivity contribution in [2.24, 2.45) is 7.05 Å². The molecule has 1 aromatic heterocycles. The Balaban J connectivity index is 1.47. The van der Waals surface area contributed by atoms with Gasteiger partial charge in [0.05, 0.1) is 11.3 Å². The van der Waals surface area contributed by atoms with E-state index in [4.69, 9.17) is 18.9 Å². The van der Waals surface area contributed by atoms with Crippen LogP contribution in [0.1, 0.15) is 32.9 Å². The van der Waals surface area contributed by atoms with E-state index < -0.39 is 0 Å². The van der Waals surface area contributed by atoms with Crippen LogP contribution in [-0.4, -0.2) is 34.2 Å². The highest BCUT2D eigenvalue weighted by atomic mass is 16.7. The topological polar surface area (TPSA) is 75.1 Å². The number of aryl methyl sites for hydroxylation is 2. The van der Waals surface area contributed by atoms with E-state index >= 15 is 0 Å². The van der Waals surface area contributed by atoms with E-state index in [0.717, 1.165) is 28.3 Å². The molecule has 0 bridgehead atoms. The third-order valence-corrected chi connectivity index (χ3v) is 5.63. The Bertz CT molecular complexity index is 1110.